The van der Waals surface area contributed by atoms with Crippen LogP contribution < -0.4 is 0 Å². The van der Waals surface area contributed by atoms with Crippen LogP contribution in [0.2, 0.25) is 0 Å². The van der Waals surface area contributed by atoms with E-state index in [9.17, 15) is 9.59 Å². The molecule has 5 nitrogen and oxygen atoms in total. The molecule has 2 aromatic carbocycles. The highest BCUT2D eigenvalue weighted by Gasteiger charge is 2.35. The topological polar surface area (TPSA) is 59.5 Å². The first-order valence-electron chi connectivity index (χ1n) is 8.52. The number of rotatable bonds is 5. The van der Waals surface area contributed by atoms with E-state index in [0.717, 1.165) is 20.8 Å². The zero-order valence-electron chi connectivity index (χ0n) is 14.1. The van der Waals surface area contributed by atoms with Crippen LogP contribution in [0.4, 0.5) is 0 Å². The quantitative estimate of drug-likeness (QED) is 0.650. The Morgan fingerprint density at radius 1 is 1.15 bits per heavy atom. The summed E-state index contributed by atoms with van der Waals surface area (Å²) in [6.45, 7) is 1.09. The van der Waals surface area contributed by atoms with Gasteiger partial charge in [-0.15, -0.1) is 11.3 Å². The maximum absolute atomic E-state index is 12.4. The van der Waals surface area contributed by atoms with Gasteiger partial charge in [-0.1, -0.05) is 42.5 Å². The SMILES string of the molecule is O=C(OCc1nc2ccccc2s1)C1CC(=O)N(Cc2ccccc2)C1. The summed E-state index contributed by atoms with van der Waals surface area (Å²) in [7, 11) is 0. The molecule has 4 rings (SSSR count). The van der Waals surface area contributed by atoms with Crippen LogP contribution in [0.5, 0.6) is 0 Å². The minimum Gasteiger partial charge on any atom is -0.458 e. The molecule has 132 valence electrons. The number of para-hydroxylation sites is 1. The number of carbonyl (C=O) groups excluding carboxylic acids is 2. The van der Waals surface area contributed by atoms with Gasteiger partial charge >= 0.3 is 5.97 Å². The lowest BCUT2D eigenvalue weighted by Crippen LogP contribution is -2.26. The lowest BCUT2D eigenvalue weighted by molar-refractivity contribution is -0.149. The van der Waals surface area contributed by atoms with Crippen LogP contribution in [0.1, 0.15) is 17.0 Å². The molecule has 0 bridgehead atoms. The number of nitrogens with zero attached hydrogens (tertiary/aromatic N) is 2. The molecule has 2 heterocycles. The van der Waals surface area contributed by atoms with Crippen LogP contribution in [0.25, 0.3) is 10.2 Å². The molecule has 1 unspecified atom stereocenters. The minimum absolute atomic E-state index is 0.00390. The molecule has 1 aliphatic heterocycles. The summed E-state index contributed by atoms with van der Waals surface area (Å²) in [6, 6.07) is 17.6. The number of fused-ring (bicyclic) bond motifs is 1. The number of ether oxygens (including phenoxy) is 1. The van der Waals surface area contributed by atoms with Crippen LogP contribution in [0, 0.1) is 5.92 Å². The zero-order valence-corrected chi connectivity index (χ0v) is 14.9. The third kappa shape index (κ3) is 3.60. The van der Waals surface area contributed by atoms with Crippen molar-refractivity contribution in [3.8, 4) is 0 Å². The number of likely N-dealkylation sites (tertiary alicyclic amines) is 1. The van der Waals surface area contributed by atoms with Gasteiger partial charge in [-0.05, 0) is 17.7 Å². The van der Waals surface area contributed by atoms with Gasteiger partial charge in [0.2, 0.25) is 5.91 Å². The van der Waals surface area contributed by atoms with Crippen molar-refractivity contribution < 1.29 is 14.3 Å². The Labute approximate surface area is 155 Å². The molecule has 1 atom stereocenters. The van der Waals surface area contributed by atoms with Crippen molar-refractivity contribution in [3.63, 3.8) is 0 Å². The zero-order chi connectivity index (χ0) is 17.9. The maximum Gasteiger partial charge on any atom is 0.311 e. The van der Waals surface area contributed by atoms with E-state index in [1.807, 2.05) is 54.6 Å². The van der Waals surface area contributed by atoms with Gasteiger partial charge < -0.3 is 9.64 Å². The van der Waals surface area contributed by atoms with E-state index in [1.54, 1.807) is 4.90 Å². The molecular weight excluding hydrogens is 348 g/mol. The Bertz CT molecular complexity index is 905. The summed E-state index contributed by atoms with van der Waals surface area (Å²) < 4.78 is 6.49. The number of hydrogen-bond donors (Lipinski definition) is 0. The lowest BCUT2D eigenvalue weighted by atomic mass is 10.1. The average Bonchev–Trinajstić information content (AvgIpc) is 3.24. The van der Waals surface area contributed by atoms with Crippen molar-refractivity contribution in [3.05, 3.63) is 65.2 Å². The van der Waals surface area contributed by atoms with E-state index in [-0.39, 0.29) is 24.9 Å². The lowest BCUT2D eigenvalue weighted by Gasteiger charge is -2.16. The van der Waals surface area contributed by atoms with Crippen LogP contribution in [-0.4, -0.2) is 28.3 Å². The van der Waals surface area contributed by atoms with Crippen LogP contribution in [-0.2, 0) is 27.5 Å². The summed E-state index contributed by atoms with van der Waals surface area (Å²) in [6.07, 6.45) is 0.214. The molecule has 1 aliphatic rings. The van der Waals surface area contributed by atoms with E-state index in [0.29, 0.717) is 13.1 Å². The molecule has 0 saturated carbocycles. The highest BCUT2D eigenvalue weighted by molar-refractivity contribution is 7.18. The van der Waals surface area contributed by atoms with Gasteiger partial charge in [0.25, 0.3) is 0 Å². The molecule has 0 spiro atoms. The monoisotopic (exact) mass is 366 g/mol. The van der Waals surface area contributed by atoms with Gasteiger partial charge in [-0.2, -0.15) is 0 Å². The summed E-state index contributed by atoms with van der Waals surface area (Å²) in [5, 5.41) is 0.769. The average molecular weight is 366 g/mol. The summed E-state index contributed by atoms with van der Waals surface area (Å²) in [4.78, 5) is 30.7. The highest BCUT2D eigenvalue weighted by Crippen LogP contribution is 2.24. The number of carbonyl (C=O) groups is 2. The first-order chi connectivity index (χ1) is 12.7. The fourth-order valence-electron chi connectivity index (χ4n) is 3.12. The molecule has 0 aliphatic carbocycles. The first kappa shape index (κ1) is 16.7. The van der Waals surface area contributed by atoms with Crippen LogP contribution in [0.3, 0.4) is 0 Å². The molecule has 1 saturated heterocycles. The fraction of sp³-hybridized carbons (Fsp3) is 0.250. The van der Waals surface area contributed by atoms with Crippen LogP contribution in [0.15, 0.2) is 54.6 Å². The number of thiazole rings is 1. The summed E-state index contributed by atoms with van der Waals surface area (Å²) in [5.41, 5.74) is 1.97. The summed E-state index contributed by atoms with van der Waals surface area (Å²) in [5.74, 6) is -0.732. The van der Waals surface area contributed by atoms with Crippen LogP contribution >= 0.6 is 11.3 Å². The highest BCUT2D eigenvalue weighted by atomic mass is 32.1. The molecule has 1 amide bonds. The van der Waals surface area contributed by atoms with Crippen molar-refractivity contribution in [1.29, 1.82) is 0 Å². The van der Waals surface area contributed by atoms with Crippen molar-refractivity contribution in [2.75, 3.05) is 6.54 Å². The Morgan fingerprint density at radius 2 is 1.92 bits per heavy atom. The van der Waals surface area contributed by atoms with Crippen molar-refractivity contribution in [2.24, 2.45) is 5.92 Å². The standard InChI is InChI=1S/C20H18N2O3S/c23-19-10-15(12-22(19)11-14-6-2-1-3-7-14)20(24)25-13-18-21-16-8-4-5-9-17(16)26-18/h1-9,15H,10-13H2. The van der Waals surface area contributed by atoms with E-state index in [1.165, 1.54) is 11.3 Å². The Morgan fingerprint density at radius 3 is 2.73 bits per heavy atom. The normalized spacial score (nSPS) is 17.0. The number of aromatic nitrogens is 1. The molecule has 3 aromatic rings. The van der Waals surface area contributed by atoms with Gasteiger partial charge in [0.15, 0.2) is 0 Å². The predicted molar refractivity (Wildman–Crippen MR) is 99.4 cm³/mol. The third-order valence-electron chi connectivity index (χ3n) is 4.44. The smallest absolute Gasteiger partial charge is 0.311 e. The predicted octanol–water partition coefficient (Wildman–Crippen LogP) is 3.39. The molecule has 1 fully saturated rings. The molecule has 0 N–H and O–H groups in total. The Hall–Kier alpha value is -2.73. The van der Waals surface area contributed by atoms with E-state index in [2.05, 4.69) is 4.98 Å². The van der Waals surface area contributed by atoms with Crippen molar-refractivity contribution >= 4 is 33.4 Å². The largest absolute Gasteiger partial charge is 0.458 e. The summed E-state index contributed by atoms with van der Waals surface area (Å²) >= 11 is 1.52. The van der Waals surface area contributed by atoms with Crippen molar-refractivity contribution in [1.82, 2.24) is 9.88 Å². The van der Waals surface area contributed by atoms with Crippen molar-refractivity contribution in [2.45, 2.75) is 19.6 Å². The Balaban J connectivity index is 1.34. The fourth-order valence-corrected chi connectivity index (χ4v) is 4.00. The maximum atomic E-state index is 12.4. The molecule has 0 radical (unpaired) electrons. The molecule has 1 aromatic heterocycles. The Kier molecular flexibility index (Phi) is 4.67. The second kappa shape index (κ2) is 7.25. The van der Waals surface area contributed by atoms with E-state index >= 15 is 0 Å². The van der Waals surface area contributed by atoms with Gasteiger partial charge in [0.05, 0.1) is 16.1 Å². The second-order valence-electron chi connectivity index (χ2n) is 6.34. The first-order valence-corrected chi connectivity index (χ1v) is 9.33. The molecular formula is C20H18N2O3S. The van der Waals surface area contributed by atoms with Gasteiger partial charge in [0.1, 0.15) is 11.6 Å². The van der Waals surface area contributed by atoms with E-state index < -0.39 is 5.92 Å². The number of benzene rings is 2. The number of amides is 1. The van der Waals surface area contributed by atoms with E-state index in [4.69, 9.17) is 4.74 Å². The molecule has 6 heteroatoms. The van der Waals surface area contributed by atoms with Gasteiger partial charge in [-0.25, -0.2) is 4.98 Å². The number of esters is 1. The number of hydrogen-bond acceptors (Lipinski definition) is 5. The van der Waals surface area contributed by atoms with Gasteiger partial charge in [0, 0.05) is 19.5 Å². The van der Waals surface area contributed by atoms with Gasteiger partial charge in [-0.3, -0.25) is 9.59 Å². The second-order valence-corrected chi connectivity index (χ2v) is 7.46. The third-order valence-corrected chi connectivity index (χ3v) is 5.45. The molecule has 26 heavy (non-hydrogen) atoms. The minimum atomic E-state index is -0.402.